The second-order valence-corrected chi connectivity index (χ2v) is 5.30. The summed E-state index contributed by atoms with van der Waals surface area (Å²) in [6, 6.07) is 0. The molecule has 0 spiro atoms. The van der Waals surface area contributed by atoms with E-state index in [2.05, 4.69) is 24.2 Å². The monoisotopic (exact) mass is 239 g/mol. The molecule has 1 aliphatic heterocycles. The summed E-state index contributed by atoms with van der Waals surface area (Å²) in [5.74, 6) is 0. The predicted molar refractivity (Wildman–Crippen MR) is 63.6 cm³/mol. The zero-order chi connectivity index (χ0) is 12.3. The molecule has 96 valence electrons. The van der Waals surface area contributed by atoms with Crippen LogP contribution in [0.15, 0.2) is 6.20 Å². The lowest BCUT2D eigenvalue weighted by Gasteiger charge is -2.18. The van der Waals surface area contributed by atoms with E-state index in [1.165, 1.54) is 0 Å². The number of hydrogen-bond donors (Lipinski definition) is 1. The van der Waals surface area contributed by atoms with Gasteiger partial charge in [0, 0.05) is 12.8 Å². The quantitative estimate of drug-likeness (QED) is 0.837. The Labute approximate surface area is 102 Å². The van der Waals surface area contributed by atoms with Crippen molar-refractivity contribution in [2.24, 2.45) is 0 Å². The van der Waals surface area contributed by atoms with Crippen LogP contribution in [0.5, 0.6) is 0 Å². The third-order valence-electron chi connectivity index (χ3n) is 3.12. The van der Waals surface area contributed by atoms with Crippen molar-refractivity contribution in [3.05, 3.63) is 11.9 Å². The van der Waals surface area contributed by atoms with Gasteiger partial charge in [-0.05, 0) is 39.5 Å². The van der Waals surface area contributed by atoms with Gasteiger partial charge in [-0.2, -0.15) is 0 Å². The molecule has 0 aliphatic carbocycles. The van der Waals surface area contributed by atoms with Gasteiger partial charge in [0.1, 0.15) is 0 Å². The van der Waals surface area contributed by atoms with E-state index in [0.29, 0.717) is 0 Å². The van der Waals surface area contributed by atoms with Crippen molar-refractivity contribution in [2.75, 3.05) is 6.61 Å². The summed E-state index contributed by atoms with van der Waals surface area (Å²) in [7, 11) is 0. The van der Waals surface area contributed by atoms with Gasteiger partial charge in [-0.3, -0.25) is 0 Å². The lowest BCUT2D eigenvalue weighted by Crippen LogP contribution is -2.23. The fourth-order valence-corrected chi connectivity index (χ4v) is 2.22. The van der Waals surface area contributed by atoms with Crippen LogP contribution in [0.25, 0.3) is 0 Å². The first-order chi connectivity index (χ1) is 8.09. The van der Waals surface area contributed by atoms with E-state index in [1.54, 1.807) is 0 Å². The molecule has 0 aromatic carbocycles. The number of hydrogen-bond acceptors (Lipinski definition) is 4. The van der Waals surface area contributed by atoms with Crippen LogP contribution >= 0.6 is 0 Å². The highest BCUT2D eigenvalue weighted by molar-refractivity contribution is 4.93. The second-order valence-electron chi connectivity index (χ2n) is 5.30. The molecule has 1 fully saturated rings. The second kappa shape index (κ2) is 5.14. The third-order valence-corrected chi connectivity index (χ3v) is 3.12. The van der Waals surface area contributed by atoms with E-state index < -0.39 is 0 Å². The first kappa shape index (κ1) is 12.5. The van der Waals surface area contributed by atoms with Gasteiger partial charge in [0.15, 0.2) is 0 Å². The van der Waals surface area contributed by atoms with Gasteiger partial charge in [-0.1, -0.05) is 5.21 Å². The third kappa shape index (κ3) is 3.51. The molecule has 0 saturated carbocycles. The van der Waals surface area contributed by atoms with Gasteiger partial charge in [-0.15, -0.1) is 5.10 Å². The minimum Gasteiger partial charge on any atom is -0.396 e. The van der Waals surface area contributed by atoms with Crippen molar-refractivity contribution in [1.82, 2.24) is 15.0 Å². The van der Waals surface area contributed by atoms with Crippen LogP contribution in [-0.2, 0) is 17.7 Å². The van der Waals surface area contributed by atoms with Crippen LogP contribution in [0, 0.1) is 0 Å². The lowest BCUT2D eigenvalue weighted by atomic mass is 10.1. The van der Waals surface area contributed by atoms with Gasteiger partial charge in [-0.25, -0.2) is 4.68 Å². The highest BCUT2D eigenvalue weighted by Crippen LogP contribution is 2.29. The smallest absolute Gasteiger partial charge is 0.0828 e. The fourth-order valence-electron chi connectivity index (χ4n) is 2.22. The average molecular weight is 239 g/mol. The Balaban J connectivity index is 1.85. The molecule has 17 heavy (non-hydrogen) atoms. The number of rotatable bonds is 5. The first-order valence-corrected chi connectivity index (χ1v) is 6.27. The summed E-state index contributed by atoms with van der Waals surface area (Å²) in [4.78, 5) is 0. The molecule has 1 unspecified atom stereocenters. The normalized spacial score (nSPS) is 23.1. The Kier molecular flexibility index (Phi) is 3.79. The molecule has 5 nitrogen and oxygen atoms in total. The lowest BCUT2D eigenvalue weighted by molar-refractivity contribution is -0.0231. The first-order valence-electron chi connectivity index (χ1n) is 6.27. The number of nitrogens with zero attached hydrogens (tertiary/aromatic N) is 3. The largest absolute Gasteiger partial charge is 0.396 e. The van der Waals surface area contributed by atoms with Crippen LogP contribution < -0.4 is 0 Å². The summed E-state index contributed by atoms with van der Waals surface area (Å²) in [6.07, 6.45) is 5.91. The summed E-state index contributed by atoms with van der Waals surface area (Å²) < 4.78 is 7.76. The Bertz CT molecular complexity index is 362. The van der Waals surface area contributed by atoms with Gasteiger partial charge in [0.05, 0.1) is 23.9 Å². The SMILES string of the molecule is CC1(C)CCC(Cn2cc(CCCO)nn2)O1. The van der Waals surface area contributed by atoms with E-state index in [0.717, 1.165) is 37.9 Å². The molecular weight excluding hydrogens is 218 g/mol. The van der Waals surface area contributed by atoms with Crippen molar-refractivity contribution in [1.29, 1.82) is 0 Å². The minimum atomic E-state index is 0.00493. The van der Waals surface area contributed by atoms with E-state index in [4.69, 9.17) is 9.84 Å². The highest BCUT2D eigenvalue weighted by Gasteiger charge is 2.31. The molecule has 1 aromatic heterocycles. The summed E-state index contributed by atoms with van der Waals surface area (Å²) in [6.45, 7) is 5.23. The molecular formula is C12H21N3O2. The van der Waals surface area contributed by atoms with E-state index in [-0.39, 0.29) is 18.3 Å². The number of aryl methyl sites for hydroxylation is 1. The molecule has 2 rings (SSSR count). The van der Waals surface area contributed by atoms with E-state index in [1.807, 2.05) is 10.9 Å². The highest BCUT2D eigenvalue weighted by atomic mass is 16.5. The topological polar surface area (TPSA) is 60.2 Å². The van der Waals surface area contributed by atoms with Crippen molar-refractivity contribution in [3.8, 4) is 0 Å². The summed E-state index contributed by atoms with van der Waals surface area (Å²) in [5, 5.41) is 16.9. The standard InChI is InChI=1S/C12H21N3O2/c1-12(2)6-5-11(17-12)9-15-8-10(13-14-15)4-3-7-16/h8,11,16H,3-7,9H2,1-2H3. The van der Waals surface area contributed by atoms with Crippen LogP contribution in [-0.4, -0.2) is 38.4 Å². The number of ether oxygens (including phenoxy) is 1. The van der Waals surface area contributed by atoms with Gasteiger partial charge < -0.3 is 9.84 Å². The van der Waals surface area contributed by atoms with Crippen molar-refractivity contribution in [2.45, 2.75) is 57.8 Å². The number of aromatic nitrogens is 3. The van der Waals surface area contributed by atoms with Gasteiger partial charge in [0.25, 0.3) is 0 Å². The summed E-state index contributed by atoms with van der Waals surface area (Å²) in [5.41, 5.74) is 0.946. The number of aliphatic hydroxyl groups is 1. The van der Waals surface area contributed by atoms with Crippen LogP contribution in [0.1, 0.15) is 38.8 Å². The Hall–Kier alpha value is -0.940. The molecule has 5 heteroatoms. The predicted octanol–water partition coefficient (Wildman–Crippen LogP) is 1.16. The molecule has 1 N–H and O–H groups in total. The Morgan fingerprint density at radius 3 is 3.06 bits per heavy atom. The molecule has 0 radical (unpaired) electrons. The molecule has 1 saturated heterocycles. The summed E-state index contributed by atoms with van der Waals surface area (Å²) >= 11 is 0. The van der Waals surface area contributed by atoms with E-state index >= 15 is 0 Å². The van der Waals surface area contributed by atoms with Gasteiger partial charge >= 0.3 is 0 Å². The minimum absolute atomic E-state index is 0.00493. The maximum absolute atomic E-state index is 8.75. The van der Waals surface area contributed by atoms with Crippen LogP contribution in [0.4, 0.5) is 0 Å². The average Bonchev–Trinajstić information content (AvgIpc) is 2.83. The van der Waals surface area contributed by atoms with Crippen LogP contribution in [0.3, 0.4) is 0 Å². The van der Waals surface area contributed by atoms with E-state index in [9.17, 15) is 0 Å². The molecule has 2 heterocycles. The maximum Gasteiger partial charge on any atom is 0.0828 e. The Morgan fingerprint density at radius 2 is 2.41 bits per heavy atom. The fraction of sp³-hybridized carbons (Fsp3) is 0.833. The maximum atomic E-state index is 8.75. The zero-order valence-electron chi connectivity index (χ0n) is 10.6. The van der Waals surface area contributed by atoms with Gasteiger partial charge in [0.2, 0.25) is 0 Å². The van der Waals surface area contributed by atoms with Crippen LogP contribution in [0.2, 0.25) is 0 Å². The Morgan fingerprint density at radius 1 is 1.59 bits per heavy atom. The molecule has 1 aromatic rings. The molecule has 0 bridgehead atoms. The van der Waals surface area contributed by atoms with Crippen molar-refractivity contribution >= 4 is 0 Å². The molecule has 1 atom stereocenters. The molecule has 0 amide bonds. The van der Waals surface area contributed by atoms with Crippen molar-refractivity contribution < 1.29 is 9.84 Å². The van der Waals surface area contributed by atoms with Crippen molar-refractivity contribution in [3.63, 3.8) is 0 Å². The zero-order valence-corrected chi connectivity index (χ0v) is 10.6. The number of aliphatic hydroxyl groups excluding tert-OH is 1. The molecule has 1 aliphatic rings.